The van der Waals surface area contributed by atoms with Crippen LogP contribution in [0.3, 0.4) is 0 Å². The van der Waals surface area contributed by atoms with E-state index in [2.05, 4.69) is 0 Å². The SMILES string of the molecule is COC(=O)c1c(-c2ccc(-c3ccccc3)cc2)cc(Cl)c(-c2ccc(OC)cc2)c1C(=O)OC. The molecule has 0 aromatic heterocycles. The summed E-state index contributed by atoms with van der Waals surface area (Å²) in [5.74, 6) is -0.715. The minimum atomic E-state index is -0.694. The van der Waals surface area contributed by atoms with Gasteiger partial charge in [0.1, 0.15) is 5.75 Å². The Morgan fingerprint density at radius 1 is 0.629 bits per heavy atom. The summed E-state index contributed by atoms with van der Waals surface area (Å²) in [6.07, 6.45) is 0. The molecule has 0 atom stereocenters. The third-order valence-electron chi connectivity index (χ3n) is 5.74. The number of carbonyl (C=O) groups excluding carboxylic acids is 2. The van der Waals surface area contributed by atoms with Gasteiger partial charge in [0.15, 0.2) is 0 Å². The number of hydrogen-bond donors (Lipinski definition) is 0. The number of methoxy groups -OCH3 is 3. The Hall–Kier alpha value is -4.09. The van der Waals surface area contributed by atoms with Crippen molar-refractivity contribution in [1.29, 1.82) is 0 Å². The van der Waals surface area contributed by atoms with E-state index in [-0.39, 0.29) is 11.1 Å². The van der Waals surface area contributed by atoms with Crippen LogP contribution in [0.25, 0.3) is 33.4 Å². The number of benzene rings is 4. The van der Waals surface area contributed by atoms with E-state index in [4.69, 9.17) is 25.8 Å². The Morgan fingerprint density at radius 2 is 1.14 bits per heavy atom. The summed E-state index contributed by atoms with van der Waals surface area (Å²) in [6, 6.07) is 26.3. The van der Waals surface area contributed by atoms with E-state index in [0.29, 0.717) is 33.0 Å². The van der Waals surface area contributed by atoms with Crippen molar-refractivity contribution < 1.29 is 23.8 Å². The van der Waals surface area contributed by atoms with Crippen LogP contribution in [0.4, 0.5) is 0 Å². The first-order chi connectivity index (χ1) is 17.0. The zero-order chi connectivity index (χ0) is 24.9. The van der Waals surface area contributed by atoms with Crippen LogP contribution in [-0.4, -0.2) is 33.3 Å². The number of carbonyl (C=O) groups is 2. The van der Waals surface area contributed by atoms with Crippen molar-refractivity contribution in [3.63, 3.8) is 0 Å². The predicted octanol–water partition coefficient (Wildman–Crippen LogP) is 6.92. The number of rotatable bonds is 6. The molecule has 0 fully saturated rings. The van der Waals surface area contributed by atoms with Gasteiger partial charge in [-0.2, -0.15) is 0 Å². The van der Waals surface area contributed by atoms with Gasteiger partial charge in [0.2, 0.25) is 0 Å². The fourth-order valence-electron chi connectivity index (χ4n) is 4.01. The molecule has 0 aliphatic rings. The van der Waals surface area contributed by atoms with E-state index in [9.17, 15) is 9.59 Å². The van der Waals surface area contributed by atoms with Gasteiger partial charge in [0.25, 0.3) is 0 Å². The van der Waals surface area contributed by atoms with E-state index >= 15 is 0 Å². The minimum Gasteiger partial charge on any atom is -0.497 e. The quantitative estimate of drug-likeness (QED) is 0.277. The first kappa shape index (κ1) is 24.0. The standard InChI is InChI=1S/C29H23ClO5/c1-33-22-15-13-21(14-16-22)25-24(30)17-23(26(28(31)34-2)27(25)29(32)35-3)20-11-9-19(10-12-20)18-7-5-4-6-8-18/h4-17H,1-3H3. The molecule has 35 heavy (non-hydrogen) atoms. The minimum absolute atomic E-state index is 0.0409. The zero-order valence-corrected chi connectivity index (χ0v) is 20.3. The summed E-state index contributed by atoms with van der Waals surface area (Å²) in [6.45, 7) is 0. The molecule has 0 amide bonds. The number of halogens is 1. The Balaban J connectivity index is 1.95. The summed E-state index contributed by atoms with van der Waals surface area (Å²) < 4.78 is 15.4. The van der Waals surface area contributed by atoms with Gasteiger partial charge in [-0.15, -0.1) is 0 Å². The van der Waals surface area contributed by atoms with Crippen LogP contribution in [0.1, 0.15) is 20.7 Å². The molecule has 0 aliphatic heterocycles. The molecular formula is C29H23ClO5. The summed E-state index contributed by atoms with van der Waals surface area (Å²) in [5, 5.41) is 0.297. The van der Waals surface area contributed by atoms with Gasteiger partial charge in [0.05, 0.1) is 32.5 Å². The molecular weight excluding hydrogens is 464 g/mol. The Bertz CT molecular complexity index is 1360. The Kier molecular flexibility index (Phi) is 7.18. The van der Waals surface area contributed by atoms with Crippen molar-refractivity contribution in [1.82, 2.24) is 0 Å². The lowest BCUT2D eigenvalue weighted by molar-refractivity contribution is 0.0556. The third kappa shape index (κ3) is 4.77. The number of esters is 2. The highest BCUT2D eigenvalue weighted by atomic mass is 35.5. The van der Waals surface area contributed by atoms with Gasteiger partial charge in [0, 0.05) is 10.6 Å². The Labute approximate surface area is 208 Å². The van der Waals surface area contributed by atoms with Crippen LogP contribution in [0, 0.1) is 0 Å². The van der Waals surface area contributed by atoms with Crippen molar-refractivity contribution in [2.24, 2.45) is 0 Å². The molecule has 0 radical (unpaired) electrons. The first-order valence-electron chi connectivity index (χ1n) is 10.8. The van der Waals surface area contributed by atoms with Gasteiger partial charge in [-0.05, 0) is 46.0 Å². The third-order valence-corrected chi connectivity index (χ3v) is 6.04. The summed E-state index contributed by atoms with van der Waals surface area (Å²) in [5.41, 5.74) is 4.40. The average Bonchev–Trinajstić information content (AvgIpc) is 2.92. The topological polar surface area (TPSA) is 61.8 Å². The molecule has 0 saturated carbocycles. The van der Waals surface area contributed by atoms with E-state index in [1.54, 1.807) is 37.4 Å². The molecule has 0 heterocycles. The van der Waals surface area contributed by atoms with Crippen LogP contribution < -0.4 is 4.74 Å². The van der Waals surface area contributed by atoms with Gasteiger partial charge in [-0.1, -0.05) is 78.3 Å². The van der Waals surface area contributed by atoms with Gasteiger partial charge in [-0.3, -0.25) is 0 Å². The van der Waals surface area contributed by atoms with E-state index in [1.807, 2.05) is 54.6 Å². The molecule has 4 aromatic rings. The number of ether oxygens (including phenoxy) is 3. The van der Waals surface area contributed by atoms with Crippen molar-refractivity contribution in [3.8, 4) is 39.1 Å². The molecule has 0 bridgehead atoms. The van der Waals surface area contributed by atoms with Crippen molar-refractivity contribution in [2.45, 2.75) is 0 Å². The fourth-order valence-corrected chi connectivity index (χ4v) is 4.32. The van der Waals surface area contributed by atoms with Gasteiger partial charge < -0.3 is 14.2 Å². The summed E-state index contributed by atoms with van der Waals surface area (Å²) in [4.78, 5) is 26.1. The molecule has 5 nitrogen and oxygen atoms in total. The zero-order valence-electron chi connectivity index (χ0n) is 19.5. The van der Waals surface area contributed by atoms with Crippen molar-refractivity contribution in [2.75, 3.05) is 21.3 Å². The summed E-state index contributed by atoms with van der Waals surface area (Å²) >= 11 is 6.75. The van der Waals surface area contributed by atoms with Crippen LogP contribution in [0.2, 0.25) is 5.02 Å². The van der Waals surface area contributed by atoms with Gasteiger partial charge in [-0.25, -0.2) is 9.59 Å². The smallest absolute Gasteiger partial charge is 0.339 e. The maximum atomic E-state index is 13.0. The molecule has 4 aromatic carbocycles. The average molecular weight is 487 g/mol. The van der Waals surface area contributed by atoms with Crippen LogP contribution >= 0.6 is 11.6 Å². The van der Waals surface area contributed by atoms with Gasteiger partial charge >= 0.3 is 11.9 Å². The van der Waals surface area contributed by atoms with Crippen molar-refractivity contribution in [3.05, 3.63) is 101 Å². The van der Waals surface area contributed by atoms with Crippen molar-refractivity contribution >= 4 is 23.5 Å². The molecule has 0 spiro atoms. The Morgan fingerprint density at radius 3 is 1.71 bits per heavy atom. The fraction of sp³-hybridized carbons (Fsp3) is 0.103. The lowest BCUT2D eigenvalue weighted by Gasteiger charge is -2.19. The molecule has 0 saturated heterocycles. The molecule has 4 rings (SSSR count). The normalized spacial score (nSPS) is 10.5. The lowest BCUT2D eigenvalue weighted by Crippen LogP contribution is -2.15. The highest BCUT2D eigenvalue weighted by Gasteiger charge is 2.29. The van der Waals surface area contributed by atoms with Crippen LogP contribution in [-0.2, 0) is 9.47 Å². The molecule has 176 valence electrons. The highest BCUT2D eigenvalue weighted by molar-refractivity contribution is 6.35. The maximum absolute atomic E-state index is 13.0. The van der Waals surface area contributed by atoms with E-state index in [1.165, 1.54) is 14.2 Å². The molecule has 0 N–H and O–H groups in total. The second-order valence-electron chi connectivity index (χ2n) is 7.69. The monoisotopic (exact) mass is 486 g/mol. The largest absolute Gasteiger partial charge is 0.497 e. The molecule has 0 unspecified atom stereocenters. The predicted molar refractivity (Wildman–Crippen MR) is 137 cm³/mol. The van der Waals surface area contributed by atoms with E-state index < -0.39 is 11.9 Å². The molecule has 0 aliphatic carbocycles. The highest BCUT2D eigenvalue weighted by Crippen LogP contribution is 2.41. The molecule has 6 heteroatoms. The van der Waals surface area contributed by atoms with Crippen LogP contribution in [0.15, 0.2) is 84.9 Å². The second-order valence-corrected chi connectivity index (χ2v) is 8.09. The second kappa shape index (κ2) is 10.5. The van der Waals surface area contributed by atoms with Crippen LogP contribution in [0.5, 0.6) is 5.75 Å². The lowest BCUT2D eigenvalue weighted by atomic mass is 9.88. The summed E-state index contributed by atoms with van der Waals surface area (Å²) in [7, 11) is 4.10. The van der Waals surface area contributed by atoms with E-state index in [0.717, 1.165) is 11.1 Å². The number of hydrogen-bond acceptors (Lipinski definition) is 5. The first-order valence-corrected chi connectivity index (χ1v) is 11.2. The maximum Gasteiger partial charge on any atom is 0.339 e.